The van der Waals surface area contributed by atoms with Gasteiger partial charge in [0.25, 0.3) is 5.91 Å². The van der Waals surface area contributed by atoms with E-state index in [0.717, 1.165) is 37.4 Å². The first-order chi connectivity index (χ1) is 14.2. The lowest BCUT2D eigenvalue weighted by Crippen LogP contribution is -2.33. The second-order valence-electron chi connectivity index (χ2n) is 7.98. The van der Waals surface area contributed by atoms with Crippen LogP contribution in [0.3, 0.4) is 0 Å². The molecule has 6 nitrogen and oxygen atoms in total. The number of carbonyl (C=O) groups excluding carboxylic acids is 1. The maximum absolute atomic E-state index is 12.6. The molecule has 0 saturated carbocycles. The molecule has 162 valence electrons. The molecule has 0 radical (unpaired) electrons. The number of anilines is 1. The third-order valence-electron chi connectivity index (χ3n) is 5.35. The average molecular weight is 450 g/mol. The van der Waals surface area contributed by atoms with E-state index in [-0.39, 0.29) is 16.6 Å². The van der Waals surface area contributed by atoms with Crippen LogP contribution in [-0.4, -0.2) is 38.6 Å². The maximum atomic E-state index is 12.6. The fourth-order valence-electron chi connectivity index (χ4n) is 3.57. The Morgan fingerprint density at radius 3 is 2.47 bits per heavy atom. The summed E-state index contributed by atoms with van der Waals surface area (Å²) in [5.74, 6) is 0.502. The van der Waals surface area contributed by atoms with Gasteiger partial charge in [0, 0.05) is 18.7 Å². The first-order valence-electron chi connectivity index (χ1n) is 10.1. The van der Waals surface area contributed by atoms with E-state index in [4.69, 9.17) is 11.6 Å². The highest BCUT2D eigenvalue weighted by Gasteiger charge is 2.17. The predicted octanol–water partition coefficient (Wildman–Crippen LogP) is 3.87. The topological polar surface area (TPSA) is 78.5 Å². The van der Waals surface area contributed by atoms with Gasteiger partial charge < -0.3 is 5.32 Å². The summed E-state index contributed by atoms with van der Waals surface area (Å²) in [5.41, 5.74) is 2.82. The highest BCUT2D eigenvalue weighted by Crippen LogP contribution is 2.24. The lowest BCUT2D eigenvalue weighted by atomic mass is 9.98. The van der Waals surface area contributed by atoms with E-state index in [9.17, 15) is 13.2 Å². The van der Waals surface area contributed by atoms with Crippen LogP contribution in [0.2, 0.25) is 5.02 Å². The van der Waals surface area contributed by atoms with Gasteiger partial charge >= 0.3 is 0 Å². The van der Waals surface area contributed by atoms with Gasteiger partial charge in [0.05, 0.1) is 17.0 Å². The number of benzene rings is 2. The second kappa shape index (κ2) is 9.81. The smallest absolute Gasteiger partial charge is 0.251 e. The molecule has 1 heterocycles. The number of carbonyl (C=O) groups is 1. The van der Waals surface area contributed by atoms with Crippen molar-refractivity contribution in [1.29, 1.82) is 0 Å². The van der Waals surface area contributed by atoms with Crippen LogP contribution in [0.25, 0.3) is 0 Å². The molecular weight excluding hydrogens is 422 g/mol. The molecule has 1 aliphatic heterocycles. The van der Waals surface area contributed by atoms with E-state index >= 15 is 0 Å². The monoisotopic (exact) mass is 449 g/mol. The summed E-state index contributed by atoms with van der Waals surface area (Å²) in [7, 11) is -3.49. The summed E-state index contributed by atoms with van der Waals surface area (Å²) in [6.07, 6.45) is 3.48. The summed E-state index contributed by atoms with van der Waals surface area (Å²) < 4.78 is 25.3. The molecule has 2 aromatic rings. The Bertz CT molecular complexity index is 1000. The van der Waals surface area contributed by atoms with Crippen molar-refractivity contribution in [2.24, 2.45) is 5.92 Å². The number of piperidine rings is 1. The van der Waals surface area contributed by atoms with Crippen LogP contribution in [0, 0.1) is 5.92 Å². The second-order valence-corrected chi connectivity index (χ2v) is 10.1. The van der Waals surface area contributed by atoms with Crippen LogP contribution < -0.4 is 10.0 Å². The molecule has 0 spiro atoms. The molecule has 3 rings (SSSR count). The predicted molar refractivity (Wildman–Crippen MR) is 121 cm³/mol. The van der Waals surface area contributed by atoms with Crippen LogP contribution >= 0.6 is 11.6 Å². The van der Waals surface area contributed by atoms with Crippen molar-refractivity contribution < 1.29 is 13.2 Å². The third-order valence-corrected chi connectivity index (χ3v) is 6.27. The molecule has 0 aromatic heterocycles. The number of hydrogen-bond donors (Lipinski definition) is 2. The SMILES string of the molecule is CC1CCN(Cc2ccccc2CNC(=O)c2ccc(Cl)c(NS(C)(=O)=O)c2)CC1. The summed E-state index contributed by atoms with van der Waals surface area (Å²) in [6.45, 7) is 5.78. The van der Waals surface area contributed by atoms with Gasteiger partial charge in [-0.2, -0.15) is 0 Å². The number of amides is 1. The molecule has 0 atom stereocenters. The van der Waals surface area contributed by atoms with E-state index in [0.29, 0.717) is 12.1 Å². The molecule has 2 aromatic carbocycles. The Kier molecular flexibility index (Phi) is 7.39. The minimum absolute atomic E-state index is 0.187. The van der Waals surface area contributed by atoms with E-state index in [1.54, 1.807) is 6.07 Å². The van der Waals surface area contributed by atoms with Gasteiger partial charge in [-0.25, -0.2) is 8.42 Å². The molecule has 0 aliphatic carbocycles. The first-order valence-corrected chi connectivity index (χ1v) is 12.3. The Hall–Kier alpha value is -2.09. The van der Waals surface area contributed by atoms with Crippen molar-refractivity contribution in [3.63, 3.8) is 0 Å². The lowest BCUT2D eigenvalue weighted by molar-refractivity contribution is 0.0950. The molecule has 1 amide bonds. The van der Waals surface area contributed by atoms with E-state index in [1.165, 1.54) is 30.5 Å². The van der Waals surface area contributed by atoms with Crippen LogP contribution in [-0.2, 0) is 23.1 Å². The standard InChI is InChI=1S/C22H28ClN3O3S/c1-16-9-11-26(12-10-16)15-19-6-4-3-5-18(19)14-24-22(27)17-7-8-20(23)21(13-17)25-30(2,28)29/h3-8,13,16,25H,9-12,14-15H2,1-2H3,(H,24,27). The molecule has 0 bridgehead atoms. The largest absolute Gasteiger partial charge is 0.348 e. The van der Waals surface area contributed by atoms with E-state index in [1.807, 2.05) is 18.2 Å². The molecule has 1 fully saturated rings. The van der Waals surface area contributed by atoms with Crippen molar-refractivity contribution in [3.8, 4) is 0 Å². The van der Waals surface area contributed by atoms with Gasteiger partial charge in [0.2, 0.25) is 10.0 Å². The quantitative estimate of drug-likeness (QED) is 0.672. The summed E-state index contributed by atoms with van der Waals surface area (Å²) >= 11 is 6.04. The van der Waals surface area contributed by atoms with Gasteiger partial charge in [-0.05, 0) is 61.2 Å². The molecule has 8 heteroatoms. The highest BCUT2D eigenvalue weighted by atomic mass is 35.5. The number of halogens is 1. The van der Waals surface area contributed by atoms with Gasteiger partial charge in [-0.1, -0.05) is 42.8 Å². The van der Waals surface area contributed by atoms with Crippen molar-refractivity contribution in [2.75, 3.05) is 24.1 Å². The zero-order valence-electron chi connectivity index (χ0n) is 17.3. The summed E-state index contributed by atoms with van der Waals surface area (Å²) in [5, 5.41) is 3.17. The van der Waals surface area contributed by atoms with Crippen LogP contribution in [0.15, 0.2) is 42.5 Å². The Morgan fingerprint density at radius 2 is 1.80 bits per heavy atom. The minimum atomic E-state index is -3.49. The average Bonchev–Trinajstić information content (AvgIpc) is 2.69. The molecule has 0 unspecified atom stereocenters. The van der Waals surface area contributed by atoms with Crippen molar-refractivity contribution >= 4 is 33.2 Å². The van der Waals surface area contributed by atoms with E-state index in [2.05, 4.69) is 27.9 Å². The maximum Gasteiger partial charge on any atom is 0.251 e. The number of rotatable bonds is 7. The van der Waals surface area contributed by atoms with Crippen molar-refractivity contribution in [1.82, 2.24) is 10.2 Å². The van der Waals surface area contributed by atoms with Crippen molar-refractivity contribution in [2.45, 2.75) is 32.9 Å². The molecule has 1 saturated heterocycles. The molecule has 1 aliphatic rings. The number of nitrogens with zero attached hydrogens (tertiary/aromatic N) is 1. The molecule has 2 N–H and O–H groups in total. The van der Waals surface area contributed by atoms with Crippen LogP contribution in [0.5, 0.6) is 0 Å². The zero-order valence-corrected chi connectivity index (χ0v) is 18.9. The van der Waals surface area contributed by atoms with Crippen molar-refractivity contribution in [3.05, 3.63) is 64.2 Å². The van der Waals surface area contributed by atoms with Gasteiger partial charge in [-0.15, -0.1) is 0 Å². The van der Waals surface area contributed by atoms with Crippen LogP contribution in [0.4, 0.5) is 5.69 Å². The van der Waals surface area contributed by atoms with Gasteiger partial charge in [-0.3, -0.25) is 14.4 Å². The van der Waals surface area contributed by atoms with E-state index < -0.39 is 10.0 Å². The number of likely N-dealkylation sites (tertiary alicyclic amines) is 1. The molecular formula is C22H28ClN3O3S. The minimum Gasteiger partial charge on any atom is -0.348 e. The number of nitrogens with one attached hydrogen (secondary N) is 2. The fourth-order valence-corrected chi connectivity index (χ4v) is 4.36. The van der Waals surface area contributed by atoms with Crippen LogP contribution in [0.1, 0.15) is 41.3 Å². The van der Waals surface area contributed by atoms with Gasteiger partial charge in [0.1, 0.15) is 0 Å². The first kappa shape index (κ1) is 22.6. The molecule has 30 heavy (non-hydrogen) atoms. The summed E-state index contributed by atoms with van der Waals surface area (Å²) in [6, 6.07) is 12.7. The zero-order chi connectivity index (χ0) is 21.7. The third kappa shape index (κ3) is 6.45. The summed E-state index contributed by atoms with van der Waals surface area (Å²) in [4.78, 5) is 15.1. The number of sulfonamides is 1. The highest BCUT2D eigenvalue weighted by molar-refractivity contribution is 7.92. The normalized spacial score (nSPS) is 15.7. The Morgan fingerprint density at radius 1 is 1.13 bits per heavy atom. The Balaban J connectivity index is 1.66. The lowest BCUT2D eigenvalue weighted by Gasteiger charge is -2.30. The van der Waals surface area contributed by atoms with Gasteiger partial charge in [0.15, 0.2) is 0 Å². The Labute approximate surface area is 183 Å². The number of hydrogen-bond acceptors (Lipinski definition) is 4. The fraction of sp³-hybridized carbons (Fsp3) is 0.409.